The zero-order valence-electron chi connectivity index (χ0n) is 9.73. The van der Waals surface area contributed by atoms with Crippen molar-refractivity contribution in [1.82, 2.24) is 14.8 Å². The van der Waals surface area contributed by atoms with E-state index in [9.17, 15) is 4.39 Å². The lowest BCUT2D eigenvalue weighted by Gasteiger charge is -2.17. The van der Waals surface area contributed by atoms with E-state index >= 15 is 0 Å². The molecule has 0 radical (unpaired) electrons. The molecule has 1 atom stereocenters. The van der Waals surface area contributed by atoms with Crippen molar-refractivity contribution in [2.45, 2.75) is 32.2 Å². The fourth-order valence-electron chi connectivity index (χ4n) is 2.32. The molecule has 0 saturated carbocycles. The van der Waals surface area contributed by atoms with Crippen LogP contribution in [-0.2, 0) is 6.54 Å². The Balaban J connectivity index is 2.08. The molecule has 1 aliphatic heterocycles. The van der Waals surface area contributed by atoms with Gasteiger partial charge >= 0.3 is 0 Å². The Morgan fingerprint density at radius 3 is 2.94 bits per heavy atom. The summed E-state index contributed by atoms with van der Waals surface area (Å²) >= 11 is 0. The normalized spacial score (nSPS) is 19.1. The molecule has 0 spiro atoms. The summed E-state index contributed by atoms with van der Waals surface area (Å²) in [5, 5.41) is 4.40. The lowest BCUT2D eigenvalue weighted by Crippen LogP contribution is -2.14. The first-order chi connectivity index (χ1) is 8.25. The molecule has 0 fully saturated rings. The van der Waals surface area contributed by atoms with Crippen molar-refractivity contribution in [2.24, 2.45) is 0 Å². The van der Waals surface area contributed by atoms with Crippen molar-refractivity contribution in [3.05, 3.63) is 35.9 Å². The van der Waals surface area contributed by atoms with Gasteiger partial charge in [0.25, 0.3) is 0 Å². The molecule has 0 aliphatic carbocycles. The zero-order chi connectivity index (χ0) is 11.8. The zero-order valence-corrected chi connectivity index (χ0v) is 9.73. The highest BCUT2D eigenvalue weighted by Gasteiger charge is 2.21. The van der Waals surface area contributed by atoms with Crippen LogP contribution < -0.4 is 0 Å². The van der Waals surface area contributed by atoms with E-state index < -0.39 is 0 Å². The third-order valence-electron chi connectivity index (χ3n) is 3.26. The standard InChI is InChI=1S/C13H14FN3/c1-9-5-4-8-17-13(9)15-12(16-17)10-6-2-3-7-11(10)14/h2-3,6-7,9H,4-5,8H2,1H3. The maximum Gasteiger partial charge on any atom is 0.184 e. The number of fused-ring (bicyclic) bond motifs is 1. The molecule has 3 nitrogen and oxygen atoms in total. The molecular weight excluding hydrogens is 217 g/mol. The van der Waals surface area contributed by atoms with Gasteiger partial charge in [-0.05, 0) is 25.0 Å². The maximum absolute atomic E-state index is 13.6. The number of aryl methyl sites for hydroxylation is 1. The Morgan fingerprint density at radius 2 is 2.18 bits per heavy atom. The Kier molecular flexibility index (Phi) is 2.42. The van der Waals surface area contributed by atoms with Crippen molar-refractivity contribution in [2.75, 3.05) is 0 Å². The van der Waals surface area contributed by atoms with E-state index in [1.54, 1.807) is 12.1 Å². The molecule has 2 aromatic rings. The second-order valence-electron chi connectivity index (χ2n) is 4.54. The van der Waals surface area contributed by atoms with E-state index in [0.717, 1.165) is 25.2 Å². The Bertz CT molecular complexity index is 547. The Hall–Kier alpha value is -1.71. The molecule has 2 heterocycles. The van der Waals surface area contributed by atoms with Crippen LogP contribution in [0.2, 0.25) is 0 Å². The first-order valence-corrected chi connectivity index (χ1v) is 5.95. The van der Waals surface area contributed by atoms with Crippen LogP contribution in [0.1, 0.15) is 31.5 Å². The number of rotatable bonds is 1. The minimum absolute atomic E-state index is 0.261. The third kappa shape index (κ3) is 1.73. The summed E-state index contributed by atoms with van der Waals surface area (Å²) in [6.45, 7) is 3.03. The molecule has 17 heavy (non-hydrogen) atoms. The minimum Gasteiger partial charge on any atom is -0.249 e. The number of hydrogen-bond donors (Lipinski definition) is 0. The third-order valence-corrected chi connectivity index (χ3v) is 3.26. The number of halogens is 1. The monoisotopic (exact) mass is 231 g/mol. The molecule has 0 saturated heterocycles. The van der Waals surface area contributed by atoms with Crippen molar-refractivity contribution in [3.63, 3.8) is 0 Å². The van der Waals surface area contributed by atoms with Gasteiger partial charge in [-0.25, -0.2) is 14.1 Å². The molecule has 1 aromatic carbocycles. The Labute approximate surface area is 99.3 Å². The van der Waals surface area contributed by atoms with Crippen LogP contribution >= 0.6 is 0 Å². The average Bonchev–Trinajstić information content (AvgIpc) is 2.75. The molecule has 1 aliphatic rings. The van der Waals surface area contributed by atoms with Gasteiger partial charge in [0.15, 0.2) is 5.82 Å². The van der Waals surface area contributed by atoms with Crippen LogP contribution in [0.3, 0.4) is 0 Å². The SMILES string of the molecule is CC1CCCn2nc(-c3ccccc3F)nc21. The van der Waals surface area contributed by atoms with Crippen LogP contribution in [-0.4, -0.2) is 14.8 Å². The first kappa shape index (κ1) is 10.4. The summed E-state index contributed by atoms with van der Waals surface area (Å²) in [6.07, 6.45) is 2.25. The molecule has 4 heteroatoms. The van der Waals surface area contributed by atoms with Crippen molar-refractivity contribution in [1.29, 1.82) is 0 Å². The smallest absolute Gasteiger partial charge is 0.184 e. The fraction of sp³-hybridized carbons (Fsp3) is 0.385. The quantitative estimate of drug-likeness (QED) is 0.755. The average molecular weight is 231 g/mol. The van der Waals surface area contributed by atoms with E-state index in [1.165, 1.54) is 6.07 Å². The van der Waals surface area contributed by atoms with Gasteiger partial charge in [0.2, 0.25) is 0 Å². The van der Waals surface area contributed by atoms with Gasteiger partial charge in [-0.15, -0.1) is 0 Å². The number of hydrogen-bond acceptors (Lipinski definition) is 2. The molecule has 1 unspecified atom stereocenters. The fourth-order valence-corrected chi connectivity index (χ4v) is 2.32. The molecule has 3 rings (SSSR count). The number of benzene rings is 1. The highest BCUT2D eigenvalue weighted by molar-refractivity contribution is 5.55. The second-order valence-corrected chi connectivity index (χ2v) is 4.54. The largest absolute Gasteiger partial charge is 0.249 e. The summed E-state index contributed by atoms with van der Waals surface area (Å²) in [6, 6.07) is 6.65. The molecule has 1 aromatic heterocycles. The molecule has 0 N–H and O–H groups in total. The lowest BCUT2D eigenvalue weighted by molar-refractivity contribution is 0.432. The van der Waals surface area contributed by atoms with Crippen LogP contribution in [0.25, 0.3) is 11.4 Å². The van der Waals surface area contributed by atoms with E-state index in [2.05, 4.69) is 17.0 Å². The van der Waals surface area contributed by atoms with Crippen LogP contribution in [0, 0.1) is 5.82 Å². The molecular formula is C13H14FN3. The predicted octanol–water partition coefficient (Wildman–Crippen LogP) is 2.98. The number of nitrogens with zero attached hydrogens (tertiary/aromatic N) is 3. The van der Waals surface area contributed by atoms with E-state index in [4.69, 9.17) is 0 Å². The van der Waals surface area contributed by atoms with Gasteiger partial charge in [-0.2, -0.15) is 5.10 Å². The van der Waals surface area contributed by atoms with Crippen molar-refractivity contribution >= 4 is 0 Å². The second kappa shape index (κ2) is 3.95. The van der Waals surface area contributed by atoms with Gasteiger partial charge in [-0.1, -0.05) is 19.1 Å². The summed E-state index contributed by atoms with van der Waals surface area (Å²) in [7, 11) is 0. The molecule has 0 bridgehead atoms. The summed E-state index contributed by atoms with van der Waals surface area (Å²) in [4.78, 5) is 4.47. The molecule has 0 amide bonds. The predicted molar refractivity (Wildman–Crippen MR) is 63.1 cm³/mol. The van der Waals surface area contributed by atoms with Crippen molar-refractivity contribution in [3.8, 4) is 11.4 Å². The summed E-state index contributed by atoms with van der Waals surface area (Å²) in [5.41, 5.74) is 0.488. The highest BCUT2D eigenvalue weighted by atomic mass is 19.1. The van der Waals surface area contributed by atoms with Gasteiger partial charge < -0.3 is 0 Å². The van der Waals surface area contributed by atoms with Gasteiger partial charge in [0.05, 0.1) is 5.56 Å². The van der Waals surface area contributed by atoms with Crippen LogP contribution in [0.5, 0.6) is 0 Å². The van der Waals surface area contributed by atoms with Gasteiger partial charge in [-0.3, -0.25) is 0 Å². The van der Waals surface area contributed by atoms with E-state index in [-0.39, 0.29) is 5.82 Å². The maximum atomic E-state index is 13.6. The first-order valence-electron chi connectivity index (χ1n) is 5.95. The summed E-state index contributed by atoms with van der Waals surface area (Å²) < 4.78 is 15.6. The number of aromatic nitrogens is 3. The van der Waals surface area contributed by atoms with Crippen LogP contribution in [0.4, 0.5) is 4.39 Å². The van der Waals surface area contributed by atoms with Gasteiger partial charge in [0.1, 0.15) is 11.6 Å². The van der Waals surface area contributed by atoms with E-state index in [1.807, 2.05) is 10.7 Å². The topological polar surface area (TPSA) is 30.7 Å². The Morgan fingerprint density at radius 1 is 1.35 bits per heavy atom. The van der Waals surface area contributed by atoms with Crippen molar-refractivity contribution < 1.29 is 4.39 Å². The van der Waals surface area contributed by atoms with E-state index in [0.29, 0.717) is 17.3 Å². The minimum atomic E-state index is -0.261. The molecule has 88 valence electrons. The highest BCUT2D eigenvalue weighted by Crippen LogP contribution is 2.27. The lowest BCUT2D eigenvalue weighted by atomic mass is 10.0. The summed E-state index contributed by atoms with van der Waals surface area (Å²) in [5.74, 6) is 1.64. The van der Waals surface area contributed by atoms with Gasteiger partial charge in [0, 0.05) is 12.5 Å². The van der Waals surface area contributed by atoms with Crippen LogP contribution in [0.15, 0.2) is 24.3 Å².